The van der Waals surface area contributed by atoms with Crippen molar-refractivity contribution in [2.75, 3.05) is 25.0 Å². The zero-order valence-corrected chi connectivity index (χ0v) is 15.2. The molecule has 3 aliphatic heterocycles. The van der Waals surface area contributed by atoms with E-state index in [0.717, 1.165) is 24.9 Å². The number of pyridine rings is 1. The molecule has 1 aromatic rings. The number of hydrogen-bond donors (Lipinski definition) is 3. The molecule has 3 N–H and O–H groups in total. The van der Waals surface area contributed by atoms with Gasteiger partial charge in [-0.15, -0.1) is 0 Å². The smallest absolute Gasteiger partial charge is 0.328 e. The predicted molar refractivity (Wildman–Crippen MR) is 97.1 cm³/mol. The molecular weight excluding hydrogens is 389 g/mol. The van der Waals surface area contributed by atoms with Crippen molar-refractivity contribution in [1.82, 2.24) is 25.4 Å². The van der Waals surface area contributed by atoms with E-state index in [0.29, 0.717) is 12.4 Å². The fourth-order valence-electron chi connectivity index (χ4n) is 3.67. The monoisotopic (exact) mass is 408 g/mol. The predicted octanol–water partition coefficient (Wildman–Crippen LogP) is 1.22. The number of carbonyl (C=O) groups is 2. The number of amides is 3. The van der Waals surface area contributed by atoms with Gasteiger partial charge in [-0.1, -0.05) is 6.08 Å². The second-order valence-corrected chi connectivity index (χ2v) is 6.90. The molecule has 1 aromatic heterocycles. The highest BCUT2D eigenvalue weighted by atomic mass is 19.3. The number of nitrogens with zero attached hydrogens (tertiary/aromatic N) is 3. The van der Waals surface area contributed by atoms with E-state index in [1.54, 1.807) is 12.2 Å². The number of anilines is 1. The number of allylic oxidation sites excluding steroid dienone is 1. The Morgan fingerprint density at radius 2 is 2.17 bits per heavy atom. The van der Waals surface area contributed by atoms with Gasteiger partial charge in [-0.3, -0.25) is 15.0 Å². The molecule has 0 aromatic carbocycles. The summed E-state index contributed by atoms with van der Waals surface area (Å²) in [5.74, 6) is -0.509. The highest BCUT2D eigenvalue weighted by Crippen LogP contribution is 2.33. The Morgan fingerprint density at radius 3 is 2.90 bits per heavy atom. The van der Waals surface area contributed by atoms with Gasteiger partial charge in [0.1, 0.15) is 23.5 Å². The summed E-state index contributed by atoms with van der Waals surface area (Å²) in [4.78, 5) is 32.6. The number of carbonyl (C=O) groups excluding carboxylic acids is 2. The van der Waals surface area contributed by atoms with Crippen LogP contribution in [0.2, 0.25) is 0 Å². The molecule has 0 aliphatic carbocycles. The first-order valence-corrected chi connectivity index (χ1v) is 9.14. The summed E-state index contributed by atoms with van der Waals surface area (Å²) in [6.07, 6.45) is 2.38. The molecule has 29 heavy (non-hydrogen) atoms. The van der Waals surface area contributed by atoms with Gasteiger partial charge >= 0.3 is 6.03 Å². The molecule has 3 amide bonds. The average molecular weight is 408 g/mol. The van der Waals surface area contributed by atoms with Crippen molar-refractivity contribution in [3.05, 3.63) is 47.8 Å². The zero-order chi connectivity index (χ0) is 20.5. The van der Waals surface area contributed by atoms with Crippen LogP contribution in [0.3, 0.4) is 0 Å². The third-order valence-electron chi connectivity index (χ3n) is 4.99. The van der Waals surface area contributed by atoms with Gasteiger partial charge in [0.2, 0.25) is 5.91 Å². The molecule has 4 rings (SSSR count). The first-order chi connectivity index (χ1) is 13.9. The molecule has 8 nitrogen and oxygen atoms in total. The molecule has 11 heteroatoms. The minimum Gasteiger partial charge on any atom is -0.366 e. The van der Waals surface area contributed by atoms with Crippen molar-refractivity contribution in [2.24, 2.45) is 0 Å². The first kappa shape index (κ1) is 19.1. The molecule has 0 spiro atoms. The minimum absolute atomic E-state index is 0.127. The maximum atomic E-state index is 13.1. The Bertz CT molecular complexity index is 873. The number of hydrogen-bond acceptors (Lipinski definition) is 5. The number of alkyl halides is 2. The minimum atomic E-state index is -2.65. The third-order valence-corrected chi connectivity index (χ3v) is 4.99. The van der Waals surface area contributed by atoms with Gasteiger partial charge < -0.3 is 15.5 Å². The normalized spacial score (nSPS) is 22.5. The van der Waals surface area contributed by atoms with Crippen molar-refractivity contribution in [3.8, 4) is 0 Å². The van der Waals surface area contributed by atoms with Gasteiger partial charge in [-0.05, 0) is 24.6 Å². The highest BCUT2D eigenvalue weighted by Gasteiger charge is 2.42. The molecule has 1 saturated heterocycles. The van der Waals surface area contributed by atoms with E-state index in [1.165, 1.54) is 17.0 Å². The lowest BCUT2D eigenvalue weighted by Crippen LogP contribution is -2.56. The van der Waals surface area contributed by atoms with Gasteiger partial charge in [0, 0.05) is 13.1 Å². The number of aromatic nitrogens is 1. The number of rotatable bonds is 4. The van der Waals surface area contributed by atoms with Crippen LogP contribution in [-0.2, 0) is 4.79 Å². The second-order valence-electron chi connectivity index (χ2n) is 6.90. The lowest BCUT2D eigenvalue weighted by atomic mass is 10.1. The van der Waals surface area contributed by atoms with E-state index < -0.39 is 36.8 Å². The Labute approximate surface area is 164 Å². The van der Waals surface area contributed by atoms with Crippen LogP contribution in [0.4, 0.5) is 23.8 Å². The van der Waals surface area contributed by atoms with Crippen LogP contribution in [0.5, 0.6) is 0 Å². The van der Waals surface area contributed by atoms with Crippen molar-refractivity contribution in [2.45, 2.75) is 24.9 Å². The maximum absolute atomic E-state index is 13.1. The van der Waals surface area contributed by atoms with E-state index >= 15 is 0 Å². The number of nitrogens with one attached hydrogen (secondary N) is 3. The van der Waals surface area contributed by atoms with Gasteiger partial charge in [-0.2, -0.15) is 0 Å². The van der Waals surface area contributed by atoms with Crippen LogP contribution in [0, 0.1) is 5.82 Å². The van der Waals surface area contributed by atoms with E-state index in [-0.39, 0.29) is 11.9 Å². The average Bonchev–Trinajstić information content (AvgIpc) is 3.12. The lowest BCUT2D eigenvalue weighted by Gasteiger charge is -2.40. The van der Waals surface area contributed by atoms with Gasteiger partial charge in [-0.25, -0.2) is 22.9 Å². The fourth-order valence-corrected chi connectivity index (χ4v) is 3.67. The third kappa shape index (κ3) is 3.84. The zero-order valence-electron chi connectivity index (χ0n) is 15.2. The molecule has 0 radical (unpaired) electrons. The van der Waals surface area contributed by atoms with Crippen molar-refractivity contribution >= 4 is 17.8 Å². The molecule has 1 unspecified atom stereocenters. The molecule has 2 atom stereocenters. The van der Waals surface area contributed by atoms with E-state index in [9.17, 15) is 22.8 Å². The summed E-state index contributed by atoms with van der Waals surface area (Å²) in [5, 5.41) is 7.79. The van der Waals surface area contributed by atoms with Crippen LogP contribution < -0.4 is 16.0 Å². The summed E-state index contributed by atoms with van der Waals surface area (Å²) in [5.41, 5.74) is 0.749. The van der Waals surface area contributed by atoms with Crippen LogP contribution in [-0.4, -0.2) is 64.9 Å². The molecule has 1 fully saturated rings. The standard InChI is InChI=1S/C18H19F3N6O2/c19-10-1-4-15(22-7-10)25-18(29)27-11-5-6-26(9-11)13-3-2-12(24-16(13)27)17(28)23-8-14(20)21/h1-4,7,11-12,14,24H,5-6,8-9H2,(H,23,28)(H,22,25,29)/t11-,12?/m0/s1. The number of fused-ring (bicyclic) bond motifs is 3. The largest absolute Gasteiger partial charge is 0.366 e. The summed E-state index contributed by atoms with van der Waals surface area (Å²) < 4.78 is 37.8. The molecule has 0 saturated carbocycles. The van der Waals surface area contributed by atoms with Crippen LogP contribution in [0.25, 0.3) is 0 Å². The topological polar surface area (TPSA) is 89.6 Å². The van der Waals surface area contributed by atoms with Gasteiger partial charge in [0.25, 0.3) is 6.43 Å². The second kappa shape index (κ2) is 7.64. The van der Waals surface area contributed by atoms with Crippen molar-refractivity contribution in [1.29, 1.82) is 0 Å². The van der Waals surface area contributed by atoms with Crippen LogP contribution in [0.15, 0.2) is 42.0 Å². The van der Waals surface area contributed by atoms with E-state index in [1.807, 2.05) is 0 Å². The number of urea groups is 1. The molecule has 3 aliphatic rings. The van der Waals surface area contributed by atoms with Gasteiger partial charge in [0.15, 0.2) is 0 Å². The molecule has 154 valence electrons. The first-order valence-electron chi connectivity index (χ1n) is 9.14. The van der Waals surface area contributed by atoms with Gasteiger partial charge in [0.05, 0.1) is 24.5 Å². The van der Waals surface area contributed by atoms with Crippen LogP contribution in [0.1, 0.15) is 6.42 Å². The van der Waals surface area contributed by atoms with E-state index in [4.69, 9.17) is 0 Å². The number of halogens is 3. The Hall–Kier alpha value is -3.24. The lowest BCUT2D eigenvalue weighted by molar-refractivity contribution is -0.122. The fraction of sp³-hybridized carbons (Fsp3) is 0.389. The number of dihydropyridines is 1. The van der Waals surface area contributed by atoms with Crippen molar-refractivity contribution in [3.63, 3.8) is 0 Å². The Balaban J connectivity index is 1.54. The molecule has 4 heterocycles. The summed E-state index contributed by atoms with van der Waals surface area (Å²) in [6.45, 7) is 0.639. The SMILES string of the molecule is O=C(NCC(F)F)C1C=CC2=C(N1)N(C(=O)Nc1ccc(F)cn1)[C@H]1CCN2C1. The maximum Gasteiger partial charge on any atom is 0.328 e. The molecular formula is C18H19F3N6O2. The summed E-state index contributed by atoms with van der Waals surface area (Å²) in [7, 11) is 0. The summed E-state index contributed by atoms with van der Waals surface area (Å²) in [6, 6.07) is 1.05. The quantitative estimate of drug-likeness (QED) is 0.697. The van der Waals surface area contributed by atoms with Crippen LogP contribution >= 0.6 is 0 Å². The Kier molecular flexibility index (Phi) is 5.03. The highest BCUT2D eigenvalue weighted by molar-refractivity contribution is 5.91. The van der Waals surface area contributed by atoms with E-state index in [2.05, 4.69) is 25.8 Å². The molecule has 2 bridgehead atoms. The summed E-state index contributed by atoms with van der Waals surface area (Å²) >= 11 is 0. The Morgan fingerprint density at radius 1 is 1.34 bits per heavy atom. The van der Waals surface area contributed by atoms with Crippen molar-refractivity contribution < 1.29 is 22.8 Å².